The number of benzene rings is 1. The second kappa shape index (κ2) is 10.6. The fourth-order valence-corrected chi connectivity index (χ4v) is 11.2. The topological polar surface area (TPSA) is 26.3 Å². The van der Waals surface area contributed by atoms with Crippen LogP contribution in [0.15, 0.2) is 30.3 Å². The molecule has 0 radical (unpaired) electrons. The molecule has 4 saturated carbocycles. The Morgan fingerprint density at radius 1 is 0.946 bits per heavy atom. The SMILES string of the molecule is CC(C)CCC[C@H](C)[C@H]1CC[C@H]2[C@@H]3CC[C@@]4(Br)C[C@@H](OC(=O)c5ccccc5)CC[C@]4(C)[C@H]3CC[C@]12C. The fraction of sp³-hybridized carbons (Fsp3) is 0.794. The largest absolute Gasteiger partial charge is 0.459 e. The molecular formula is C34H51BrO2. The minimum Gasteiger partial charge on any atom is -0.459 e. The number of hydrogen-bond acceptors (Lipinski definition) is 2. The highest BCUT2D eigenvalue weighted by molar-refractivity contribution is 9.10. The molecule has 0 heterocycles. The number of fused-ring (bicyclic) bond motifs is 5. The molecule has 0 N–H and O–H groups in total. The summed E-state index contributed by atoms with van der Waals surface area (Å²) in [7, 11) is 0. The highest BCUT2D eigenvalue weighted by atomic mass is 79.9. The Balaban J connectivity index is 1.26. The molecule has 9 atom stereocenters. The standard InChI is InChI=1S/C34H51BrO2/c1-23(2)10-9-11-24(3)28-14-15-29-27-17-21-34(35)22-26(37-31(36)25-12-7-6-8-13-25)16-20-33(34,5)30(27)18-19-32(28,29)4/h6-8,12-13,23-24,26-30H,9-11,14-22H2,1-5H3/t24-,26-,27-,28+,29-,30-,32+,33+,34+/m0/s1. The third-order valence-electron chi connectivity index (χ3n) is 12.2. The van der Waals surface area contributed by atoms with Crippen molar-refractivity contribution in [3.63, 3.8) is 0 Å². The van der Waals surface area contributed by atoms with Crippen LogP contribution in [-0.2, 0) is 4.74 Å². The number of rotatable bonds is 7. The quantitative estimate of drug-likeness (QED) is 0.241. The van der Waals surface area contributed by atoms with E-state index in [-0.39, 0.29) is 16.4 Å². The predicted octanol–water partition coefficient (Wildman–Crippen LogP) is 9.85. The molecular weight excluding hydrogens is 520 g/mol. The number of carbonyl (C=O) groups excluding carboxylic acids is 1. The van der Waals surface area contributed by atoms with Crippen LogP contribution >= 0.6 is 15.9 Å². The zero-order chi connectivity index (χ0) is 26.4. The third-order valence-corrected chi connectivity index (χ3v) is 13.8. The van der Waals surface area contributed by atoms with Crippen molar-refractivity contribution in [2.24, 2.45) is 46.3 Å². The molecule has 4 aliphatic rings. The van der Waals surface area contributed by atoms with E-state index in [2.05, 4.69) is 50.5 Å². The van der Waals surface area contributed by atoms with Crippen molar-refractivity contribution >= 4 is 21.9 Å². The van der Waals surface area contributed by atoms with Crippen LogP contribution in [-0.4, -0.2) is 16.4 Å². The van der Waals surface area contributed by atoms with Gasteiger partial charge in [0, 0.05) is 10.7 Å². The Bertz CT molecular complexity index is 944. The van der Waals surface area contributed by atoms with E-state index in [0.29, 0.717) is 16.4 Å². The molecule has 3 heteroatoms. The van der Waals surface area contributed by atoms with Crippen molar-refractivity contribution < 1.29 is 9.53 Å². The maximum absolute atomic E-state index is 12.8. The van der Waals surface area contributed by atoms with Crippen LogP contribution in [0.25, 0.3) is 0 Å². The first-order valence-corrected chi connectivity index (χ1v) is 16.3. The molecule has 0 amide bonds. The van der Waals surface area contributed by atoms with E-state index >= 15 is 0 Å². The lowest BCUT2D eigenvalue weighted by molar-refractivity contribution is -0.116. The lowest BCUT2D eigenvalue weighted by Gasteiger charge is -2.64. The van der Waals surface area contributed by atoms with Gasteiger partial charge in [0.05, 0.1) is 5.56 Å². The number of ether oxygens (including phenoxy) is 1. The van der Waals surface area contributed by atoms with Crippen LogP contribution < -0.4 is 0 Å². The summed E-state index contributed by atoms with van der Waals surface area (Å²) in [6.45, 7) is 12.6. The molecule has 1 aromatic rings. The molecule has 0 saturated heterocycles. The van der Waals surface area contributed by atoms with Gasteiger partial charge >= 0.3 is 5.97 Å². The molecule has 1 aromatic carbocycles. The highest BCUT2D eigenvalue weighted by Gasteiger charge is 2.64. The maximum atomic E-state index is 12.8. The molecule has 37 heavy (non-hydrogen) atoms. The van der Waals surface area contributed by atoms with Gasteiger partial charge in [-0.1, -0.05) is 88.0 Å². The van der Waals surface area contributed by atoms with Gasteiger partial charge in [-0.25, -0.2) is 4.79 Å². The summed E-state index contributed by atoms with van der Waals surface area (Å²) in [4.78, 5) is 12.8. The summed E-state index contributed by atoms with van der Waals surface area (Å²) in [5.74, 6) is 5.05. The van der Waals surface area contributed by atoms with Crippen LogP contribution in [0.1, 0.15) is 122 Å². The smallest absolute Gasteiger partial charge is 0.338 e. The Hall–Kier alpha value is -0.830. The van der Waals surface area contributed by atoms with Crippen LogP contribution in [0.3, 0.4) is 0 Å². The Kier molecular flexibility index (Phi) is 7.96. The maximum Gasteiger partial charge on any atom is 0.338 e. The van der Waals surface area contributed by atoms with Gasteiger partial charge in [0.1, 0.15) is 6.10 Å². The van der Waals surface area contributed by atoms with Crippen molar-refractivity contribution in [2.45, 2.75) is 122 Å². The van der Waals surface area contributed by atoms with Gasteiger partial charge < -0.3 is 4.74 Å². The van der Waals surface area contributed by atoms with E-state index in [1.165, 1.54) is 64.2 Å². The van der Waals surface area contributed by atoms with E-state index in [4.69, 9.17) is 4.74 Å². The van der Waals surface area contributed by atoms with E-state index in [1.807, 2.05) is 30.3 Å². The summed E-state index contributed by atoms with van der Waals surface area (Å²) in [6, 6.07) is 9.51. The summed E-state index contributed by atoms with van der Waals surface area (Å²) < 4.78 is 6.17. The van der Waals surface area contributed by atoms with Crippen LogP contribution in [0.2, 0.25) is 0 Å². The first-order valence-electron chi connectivity index (χ1n) is 15.5. The lowest BCUT2D eigenvalue weighted by Crippen LogP contribution is -2.60. The third kappa shape index (κ3) is 4.98. The van der Waals surface area contributed by atoms with Crippen molar-refractivity contribution in [3.8, 4) is 0 Å². The summed E-state index contributed by atoms with van der Waals surface area (Å²) in [6.07, 6.45) is 15.7. The average Bonchev–Trinajstić information content (AvgIpc) is 3.22. The molecule has 0 unspecified atom stereocenters. The lowest BCUT2D eigenvalue weighted by atomic mass is 9.44. The van der Waals surface area contributed by atoms with Crippen LogP contribution in [0.4, 0.5) is 0 Å². The molecule has 2 nitrogen and oxygen atoms in total. The van der Waals surface area contributed by atoms with Gasteiger partial charge in [0.25, 0.3) is 0 Å². The van der Waals surface area contributed by atoms with Crippen molar-refractivity contribution in [1.82, 2.24) is 0 Å². The molecule has 5 rings (SSSR count). The highest BCUT2D eigenvalue weighted by Crippen LogP contribution is 2.71. The molecule has 0 aromatic heterocycles. The molecule has 206 valence electrons. The van der Waals surface area contributed by atoms with Gasteiger partial charge in [-0.15, -0.1) is 0 Å². The van der Waals surface area contributed by atoms with Gasteiger partial charge in [-0.2, -0.15) is 0 Å². The number of alkyl halides is 1. The van der Waals surface area contributed by atoms with E-state index in [1.54, 1.807) is 0 Å². The molecule has 4 fully saturated rings. The minimum absolute atomic E-state index is 0.0214. The van der Waals surface area contributed by atoms with Gasteiger partial charge in [-0.05, 0) is 110 Å². The zero-order valence-corrected chi connectivity index (χ0v) is 25.7. The number of halogens is 1. The normalized spacial score (nSPS) is 42.0. The first kappa shape index (κ1) is 27.7. The van der Waals surface area contributed by atoms with Crippen molar-refractivity contribution in [1.29, 1.82) is 0 Å². The van der Waals surface area contributed by atoms with Crippen molar-refractivity contribution in [2.75, 3.05) is 0 Å². The Morgan fingerprint density at radius 3 is 2.43 bits per heavy atom. The van der Waals surface area contributed by atoms with Crippen molar-refractivity contribution in [3.05, 3.63) is 35.9 Å². The van der Waals surface area contributed by atoms with E-state index in [0.717, 1.165) is 48.3 Å². The average molecular weight is 572 g/mol. The number of carbonyl (C=O) groups is 1. The minimum atomic E-state index is -0.160. The van der Waals surface area contributed by atoms with Gasteiger partial charge in [0.15, 0.2) is 0 Å². The van der Waals surface area contributed by atoms with E-state index in [9.17, 15) is 4.79 Å². The van der Waals surface area contributed by atoms with Gasteiger partial charge in [-0.3, -0.25) is 0 Å². The summed E-state index contributed by atoms with van der Waals surface area (Å²) in [5.41, 5.74) is 1.51. The molecule has 0 aliphatic heterocycles. The summed E-state index contributed by atoms with van der Waals surface area (Å²) >= 11 is 4.35. The molecule has 4 aliphatic carbocycles. The Morgan fingerprint density at radius 2 is 1.70 bits per heavy atom. The first-order chi connectivity index (χ1) is 17.6. The number of esters is 1. The fourth-order valence-electron chi connectivity index (χ4n) is 10.1. The predicted molar refractivity (Wildman–Crippen MR) is 157 cm³/mol. The van der Waals surface area contributed by atoms with E-state index < -0.39 is 0 Å². The van der Waals surface area contributed by atoms with Gasteiger partial charge in [0.2, 0.25) is 0 Å². The van der Waals surface area contributed by atoms with Crippen LogP contribution in [0.5, 0.6) is 0 Å². The zero-order valence-electron chi connectivity index (χ0n) is 24.1. The second-order valence-corrected chi connectivity index (χ2v) is 16.0. The number of hydrogen-bond donors (Lipinski definition) is 0. The molecule has 0 bridgehead atoms. The second-order valence-electron chi connectivity index (χ2n) is 14.5. The molecule has 0 spiro atoms. The monoisotopic (exact) mass is 570 g/mol. The Labute approximate surface area is 235 Å². The summed E-state index contributed by atoms with van der Waals surface area (Å²) in [5, 5.41) is 0. The van der Waals surface area contributed by atoms with Crippen LogP contribution in [0, 0.1) is 46.3 Å².